The van der Waals surface area contributed by atoms with Crippen LogP contribution in [0.4, 0.5) is 4.39 Å². The average Bonchev–Trinajstić information content (AvgIpc) is 2.99. The van der Waals surface area contributed by atoms with E-state index < -0.39 is 0 Å². The van der Waals surface area contributed by atoms with E-state index in [2.05, 4.69) is 0 Å². The van der Waals surface area contributed by atoms with Crippen LogP contribution in [0.15, 0.2) is 54.6 Å². The van der Waals surface area contributed by atoms with E-state index in [1.54, 1.807) is 13.0 Å². The van der Waals surface area contributed by atoms with E-state index in [1.807, 2.05) is 54.1 Å². The predicted molar refractivity (Wildman–Crippen MR) is 110 cm³/mol. The highest BCUT2D eigenvalue weighted by atomic mass is 19.1. The third kappa shape index (κ3) is 2.75. The minimum Gasteiger partial charge on any atom is -0.462 e. The third-order valence-electron chi connectivity index (χ3n) is 5.16. The molecular weight excluding hydrogens is 355 g/mol. The van der Waals surface area contributed by atoms with Gasteiger partial charge in [-0.1, -0.05) is 42.5 Å². The van der Waals surface area contributed by atoms with Gasteiger partial charge >= 0.3 is 5.97 Å². The van der Waals surface area contributed by atoms with E-state index in [0.717, 1.165) is 33.1 Å². The highest BCUT2D eigenvalue weighted by Gasteiger charge is 2.22. The van der Waals surface area contributed by atoms with Crippen LogP contribution in [0.2, 0.25) is 0 Å². The van der Waals surface area contributed by atoms with E-state index in [-0.39, 0.29) is 18.3 Å². The lowest BCUT2D eigenvalue weighted by atomic mass is 9.97. The molecule has 1 heterocycles. The summed E-state index contributed by atoms with van der Waals surface area (Å²) in [5, 5.41) is 2.22. The molecule has 3 aromatic carbocycles. The topological polar surface area (TPSA) is 57.2 Å². The number of nitrogens with zero attached hydrogens (tertiary/aromatic N) is 1. The maximum Gasteiger partial charge on any atom is 0.340 e. The Labute approximate surface area is 162 Å². The number of hydrogen-bond acceptors (Lipinski definition) is 3. The summed E-state index contributed by atoms with van der Waals surface area (Å²) < 4.78 is 21.7. The lowest BCUT2D eigenvalue weighted by Gasteiger charge is -2.09. The average molecular weight is 376 g/mol. The number of fused-ring (bicyclic) bond motifs is 2. The molecular formula is C23H21FN2O2. The molecule has 0 aliphatic heterocycles. The van der Waals surface area contributed by atoms with E-state index in [0.29, 0.717) is 17.6 Å². The van der Waals surface area contributed by atoms with Crippen molar-refractivity contribution in [2.75, 3.05) is 6.61 Å². The Bertz CT molecular complexity index is 1210. The molecule has 4 nitrogen and oxygen atoms in total. The summed E-state index contributed by atoms with van der Waals surface area (Å²) in [6, 6.07) is 16.6. The summed E-state index contributed by atoms with van der Waals surface area (Å²) in [5.74, 6) is -0.632. The van der Waals surface area contributed by atoms with E-state index in [4.69, 9.17) is 10.5 Å². The van der Waals surface area contributed by atoms with Gasteiger partial charge in [-0.25, -0.2) is 9.18 Å². The number of rotatable bonds is 4. The van der Waals surface area contributed by atoms with Crippen molar-refractivity contribution in [1.29, 1.82) is 0 Å². The van der Waals surface area contributed by atoms with Gasteiger partial charge in [-0.3, -0.25) is 0 Å². The molecule has 0 spiro atoms. The normalized spacial score (nSPS) is 11.3. The van der Waals surface area contributed by atoms with Crippen LogP contribution in [0.3, 0.4) is 0 Å². The molecule has 0 aliphatic rings. The highest BCUT2D eigenvalue weighted by molar-refractivity contribution is 6.07. The molecule has 28 heavy (non-hydrogen) atoms. The Kier molecular flexibility index (Phi) is 4.61. The smallest absolute Gasteiger partial charge is 0.340 e. The first-order valence-corrected chi connectivity index (χ1v) is 9.23. The first kappa shape index (κ1) is 18.2. The van der Waals surface area contributed by atoms with Gasteiger partial charge in [-0.15, -0.1) is 0 Å². The van der Waals surface area contributed by atoms with Gasteiger partial charge in [0.25, 0.3) is 0 Å². The fourth-order valence-corrected chi connectivity index (χ4v) is 3.86. The van der Waals surface area contributed by atoms with Gasteiger partial charge in [-0.05, 0) is 35.6 Å². The van der Waals surface area contributed by atoms with Gasteiger partial charge in [0.2, 0.25) is 0 Å². The Hall–Kier alpha value is -3.18. The van der Waals surface area contributed by atoms with Crippen LogP contribution >= 0.6 is 0 Å². The molecule has 0 fully saturated rings. The third-order valence-corrected chi connectivity index (χ3v) is 5.16. The van der Waals surface area contributed by atoms with E-state index in [9.17, 15) is 9.18 Å². The maximum atomic E-state index is 14.6. The second-order valence-electron chi connectivity index (χ2n) is 6.68. The number of aryl methyl sites for hydroxylation is 1. The summed E-state index contributed by atoms with van der Waals surface area (Å²) in [6.07, 6.45) is 0. The van der Waals surface area contributed by atoms with Crippen molar-refractivity contribution in [2.24, 2.45) is 12.8 Å². The van der Waals surface area contributed by atoms with Gasteiger partial charge in [0, 0.05) is 35.6 Å². The number of carbonyl (C=O) groups excluding carboxylic acids is 1. The minimum absolute atomic E-state index is 0.220. The van der Waals surface area contributed by atoms with Crippen molar-refractivity contribution < 1.29 is 13.9 Å². The van der Waals surface area contributed by atoms with Gasteiger partial charge < -0.3 is 15.0 Å². The number of nitrogens with two attached hydrogens (primary N) is 1. The van der Waals surface area contributed by atoms with Crippen molar-refractivity contribution in [3.8, 4) is 11.1 Å². The Morgan fingerprint density at radius 2 is 1.89 bits per heavy atom. The zero-order valence-corrected chi connectivity index (χ0v) is 15.8. The number of benzene rings is 3. The monoisotopic (exact) mass is 376 g/mol. The molecule has 142 valence electrons. The van der Waals surface area contributed by atoms with Crippen molar-refractivity contribution >= 4 is 27.6 Å². The van der Waals surface area contributed by atoms with Crippen LogP contribution in [0.1, 0.15) is 23.0 Å². The van der Waals surface area contributed by atoms with Gasteiger partial charge in [-0.2, -0.15) is 0 Å². The van der Waals surface area contributed by atoms with Crippen molar-refractivity contribution in [2.45, 2.75) is 13.5 Å². The number of esters is 1. The number of halogens is 1. The standard InChI is InChI=1S/C23H21FN2O2/c1-3-28-23(27)22-17-11-10-15(12-19(17)26(2)20(22)13-25)16-8-4-6-14-7-5-9-18(24)21(14)16/h4-12H,3,13,25H2,1-2H3. The van der Waals surface area contributed by atoms with Crippen LogP contribution in [0, 0.1) is 5.82 Å². The zero-order valence-electron chi connectivity index (χ0n) is 15.8. The van der Waals surface area contributed by atoms with Crippen LogP contribution in [-0.2, 0) is 18.3 Å². The molecule has 0 atom stereocenters. The molecule has 0 unspecified atom stereocenters. The zero-order chi connectivity index (χ0) is 19.8. The number of hydrogen-bond donors (Lipinski definition) is 1. The molecule has 5 heteroatoms. The maximum absolute atomic E-state index is 14.6. The fraction of sp³-hybridized carbons (Fsp3) is 0.174. The largest absolute Gasteiger partial charge is 0.462 e. The van der Waals surface area contributed by atoms with Gasteiger partial charge in [0.05, 0.1) is 12.2 Å². The molecule has 4 rings (SSSR count). The molecule has 4 aromatic rings. The molecule has 0 saturated heterocycles. The highest BCUT2D eigenvalue weighted by Crippen LogP contribution is 2.34. The summed E-state index contributed by atoms with van der Waals surface area (Å²) in [6.45, 7) is 2.29. The molecule has 2 N–H and O–H groups in total. The second-order valence-corrected chi connectivity index (χ2v) is 6.68. The second kappa shape index (κ2) is 7.09. The van der Waals surface area contributed by atoms with Gasteiger partial charge in [0.15, 0.2) is 0 Å². The molecule has 0 saturated carbocycles. The summed E-state index contributed by atoms with van der Waals surface area (Å²) in [7, 11) is 1.88. The Morgan fingerprint density at radius 1 is 1.14 bits per heavy atom. The number of ether oxygens (including phenoxy) is 1. The molecule has 0 aliphatic carbocycles. The van der Waals surface area contributed by atoms with Crippen molar-refractivity contribution in [3.63, 3.8) is 0 Å². The van der Waals surface area contributed by atoms with E-state index in [1.165, 1.54) is 6.07 Å². The van der Waals surface area contributed by atoms with E-state index >= 15 is 0 Å². The Morgan fingerprint density at radius 3 is 2.61 bits per heavy atom. The molecule has 0 bridgehead atoms. The first-order chi connectivity index (χ1) is 13.6. The fourth-order valence-electron chi connectivity index (χ4n) is 3.86. The quantitative estimate of drug-likeness (QED) is 0.522. The number of aromatic nitrogens is 1. The van der Waals surface area contributed by atoms with Crippen LogP contribution in [0.5, 0.6) is 0 Å². The molecule has 1 aromatic heterocycles. The first-order valence-electron chi connectivity index (χ1n) is 9.23. The summed E-state index contributed by atoms with van der Waals surface area (Å²) in [4.78, 5) is 12.5. The minimum atomic E-state index is -0.377. The number of carbonyl (C=O) groups is 1. The summed E-state index contributed by atoms with van der Waals surface area (Å²) in [5.41, 5.74) is 9.67. The van der Waals surface area contributed by atoms with Gasteiger partial charge in [0.1, 0.15) is 5.82 Å². The van der Waals surface area contributed by atoms with Crippen LogP contribution < -0.4 is 5.73 Å². The molecule has 0 radical (unpaired) electrons. The SMILES string of the molecule is CCOC(=O)c1c(CN)n(C)c2cc(-c3cccc4cccc(F)c34)ccc12. The predicted octanol–water partition coefficient (Wildman–Crippen LogP) is 4.77. The summed E-state index contributed by atoms with van der Waals surface area (Å²) >= 11 is 0. The Balaban J connectivity index is 1.98. The van der Waals surface area contributed by atoms with Crippen LogP contribution in [0.25, 0.3) is 32.8 Å². The van der Waals surface area contributed by atoms with Crippen molar-refractivity contribution in [1.82, 2.24) is 4.57 Å². The lowest BCUT2D eigenvalue weighted by Crippen LogP contribution is -2.12. The lowest BCUT2D eigenvalue weighted by molar-refractivity contribution is 0.0527. The van der Waals surface area contributed by atoms with Crippen LogP contribution in [-0.4, -0.2) is 17.1 Å². The van der Waals surface area contributed by atoms with Crippen molar-refractivity contribution in [3.05, 3.63) is 71.7 Å². The molecule has 0 amide bonds.